The molecule has 0 amide bonds. The number of amidine groups is 1. The van der Waals surface area contributed by atoms with Crippen LogP contribution in [0.15, 0.2) is 29.4 Å². The molecule has 1 aromatic carbocycles. The van der Waals surface area contributed by atoms with Gasteiger partial charge in [-0.3, -0.25) is 4.72 Å². The lowest BCUT2D eigenvalue weighted by molar-refractivity contribution is 0.317. The van der Waals surface area contributed by atoms with E-state index in [1.807, 2.05) is 0 Å². The van der Waals surface area contributed by atoms with E-state index in [-0.39, 0.29) is 11.1 Å². The highest BCUT2D eigenvalue weighted by Crippen LogP contribution is 2.25. The van der Waals surface area contributed by atoms with E-state index in [2.05, 4.69) is 9.88 Å². The molecule has 1 aromatic rings. The lowest BCUT2D eigenvalue weighted by Gasteiger charge is -2.22. The van der Waals surface area contributed by atoms with Crippen molar-refractivity contribution in [1.82, 2.24) is 0 Å². The van der Waals surface area contributed by atoms with E-state index in [1.54, 1.807) is 24.3 Å². The highest BCUT2D eigenvalue weighted by atomic mass is 32.2. The molecular formula is C14H21N3O3S. The largest absolute Gasteiger partial charge is 0.409 e. The number of nitrogens with zero attached hydrogens (tertiary/aromatic N) is 1. The van der Waals surface area contributed by atoms with Crippen molar-refractivity contribution in [2.24, 2.45) is 10.9 Å². The second-order valence-electron chi connectivity index (χ2n) is 5.37. The minimum atomic E-state index is -3.32. The molecular weight excluding hydrogens is 290 g/mol. The first-order chi connectivity index (χ1) is 10.0. The van der Waals surface area contributed by atoms with Gasteiger partial charge in [-0.15, -0.1) is 0 Å². The van der Waals surface area contributed by atoms with E-state index in [0.29, 0.717) is 12.1 Å². The van der Waals surface area contributed by atoms with Crippen molar-refractivity contribution in [3.63, 3.8) is 0 Å². The Morgan fingerprint density at radius 2 is 1.86 bits per heavy atom. The highest BCUT2D eigenvalue weighted by molar-refractivity contribution is 7.93. The molecule has 2 rings (SSSR count). The molecule has 0 radical (unpaired) electrons. The fraction of sp³-hybridized carbons (Fsp3) is 0.500. The van der Waals surface area contributed by atoms with Gasteiger partial charge in [-0.1, -0.05) is 36.6 Å². The second kappa shape index (κ2) is 6.80. The second-order valence-corrected chi connectivity index (χ2v) is 7.33. The maximum atomic E-state index is 12.3. The zero-order valence-corrected chi connectivity index (χ0v) is 12.6. The molecule has 0 spiro atoms. The Morgan fingerprint density at radius 3 is 2.43 bits per heavy atom. The Labute approximate surface area is 125 Å². The van der Waals surface area contributed by atoms with Crippen LogP contribution in [-0.4, -0.2) is 24.7 Å². The van der Waals surface area contributed by atoms with Gasteiger partial charge in [0.15, 0.2) is 0 Å². The summed E-state index contributed by atoms with van der Waals surface area (Å²) in [5.41, 5.74) is 6.83. The standard InChI is InChI=1S/C14H21N3O3S/c15-14(16-18)10-11-6-8-12(9-7-11)17-21(19,20)13-4-2-1-3-5-13/h6-9,13,17-18H,1-5,10H2,(H2,15,16). The minimum Gasteiger partial charge on any atom is -0.409 e. The summed E-state index contributed by atoms with van der Waals surface area (Å²) >= 11 is 0. The third-order valence-electron chi connectivity index (χ3n) is 3.72. The normalized spacial score (nSPS) is 17.6. The monoisotopic (exact) mass is 311 g/mol. The molecule has 21 heavy (non-hydrogen) atoms. The molecule has 1 aliphatic carbocycles. The van der Waals surface area contributed by atoms with Crippen LogP contribution in [0.5, 0.6) is 0 Å². The summed E-state index contributed by atoms with van der Waals surface area (Å²) in [4.78, 5) is 0. The van der Waals surface area contributed by atoms with Gasteiger partial charge in [-0.2, -0.15) is 0 Å². The molecule has 6 nitrogen and oxygen atoms in total. The zero-order chi connectivity index (χ0) is 15.3. The maximum Gasteiger partial charge on any atom is 0.235 e. The van der Waals surface area contributed by atoms with Crippen molar-refractivity contribution < 1.29 is 13.6 Å². The van der Waals surface area contributed by atoms with Crippen LogP contribution in [0.1, 0.15) is 37.7 Å². The number of sulfonamides is 1. The number of benzene rings is 1. The van der Waals surface area contributed by atoms with Crippen LogP contribution in [0.25, 0.3) is 0 Å². The van der Waals surface area contributed by atoms with Crippen LogP contribution in [0.4, 0.5) is 5.69 Å². The average Bonchev–Trinajstić information content (AvgIpc) is 2.50. The van der Waals surface area contributed by atoms with Crippen molar-refractivity contribution in [1.29, 1.82) is 0 Å². The topological polar surface area (TPSA) is 105 Å². The Morgan fingerprint density at radius 1 is 1.24 bits per heavy atom. The lowest BCUT2D eigenvalue weighted by Crippen LogP contribution is -2.29. The van der Waals surface area contributed by atoms with Gasteiger partial charge in [0.1, 0.15) is 5.84 Å². The van der Waals surface area contributed by atoms with E-state index in [9.17, 15) is 8.42 Å². The molecule has 0 heterocycles. The number of hydrogen-bond acceptors (Lipinski definition) is 4. The predicted molar refractivity (Wildman–Crippen MR) is 83.0 cm³/mol. The van der Waals surface area contributed by atoms with Gasteiger partial charge in [0.2, 0.25) is 10.0 Å². The van der Waals surface area contributed by atoms with Gasteiger partial charge in [0, 0.05) is 12.1 Å². The van der Waals surface area contributed by atoms with Crippen LogP contribution in [-0.2, 0) is 16.4 Å². The van der Waals surface area contributed by atoms with Crippen LogP contribution >= 0.6 is 0 Å². The molecule has 0 aromatic heterocycles. The molecule has 0 bridgehead atoms. The minimum absolute atomic E-state index is 0.116. The summed E-state index contributed by atoms with van der Waals surface area (Å²) < 4.78 is 27.2. The third kappa shape index (κ3) is 4.35. The van der Waals surface area contributed by atoms with E-state index >= 15 is 0 Å². The van der Waals surface area contributed by atoms with E-state index in [4.69, 9.17) is 10.9 Å². The fourth-order valence-corrected chi connectivity index (χ4v) is 4.14. The van der Waals surface area contributed by atoms with Gasteiger partial charge < -0.3 is 10.9 Å². The predicted octanol–water partition coefficient (Wildman–Crippen LogP) is 2.05. The third-order valence-corrected chi connectivity index (χ3v) is 5.59. The maximum absolute atomic E-state index is 12.3. The van der Waals surface area contributed by atoms with Crippen LogP contribution in [0.3, 0.4) is 0 Å². The fourth-order valence-electron chi connectivity index (χ4n) is 2.56. The quantitative estimate of drug-likeness (QED) is 0.335. The van der Waals surface area contributed by atoms with Crippen molar-refractivity contribution in [2.45, 2.75) is 43.8 Å². The number of oxime groups is 1. The van der Waals surface area contributed by atoms with Gasteiger partial charge in [-0.25, -0.2) is 8.42 Å². The lowest BCUT2D eigenvalue weighted by atomic mass is 10.0. The smallest absolute Gasteiger partial charge is 0.235 e. The van der Waals surface area contributed by atoms with E-state index < -0.39 is 10.0 Å². The summed E-state index contributed by atoms with van der Waals surface area (Å²) in [5, 5.41) is 11.1. The van der Waals surface area contributed by atoms with Gasteiger partial charge >= 0.3 is 0 Å². The first-order valence-corrected chi connectivity index (χ1v) is 8.63. The summed E-state index contributed by atoms with van der Waals surface area (Å²) in [7, 11) is -3.32. The summed E-state index contributed by atoms with van der Waals surface area (Å²) in [6.45, 7) is 0. The molecule has 1 fully saturated rings. The van der Waals surface area contributed by atoms with Crippen LogP contribution in [0, 0.1) is 0 Å². The van der Waals surface area contributed by atoms with Crippen molar-refractivity contribution in [2.75, 3.05) is 4.72 Å². The zero-order valence-electron chi connectivity index (χ0n) is 11.8. The summed E-state index contributed by atoms with van der Waals surface area (Å²) in [6, 6.07) is 6.91. The van der Waals surface area contributed by atoms with Crippen molar-refractivity contribution in [3.8, 4) is 0 Å². The molecule has 0 unspecified atom stereocenters. The molecule has 1 saturated carbocycles. The average molecular weight is 311 g/mol. The van der Waals surface area contributed by atoms with Gasteiger partial charge in [0.05, 0.1) is 5.25 Å². The van der Waals surface area contributed by atoms with Crippen molar-refractivity contribution >= 4 is 21.5 Å². The molecule has 4 N–H and O–H groups in total. The van der Waals surface area contributed by atoms with Gasteiger partial charge in [0.25, 0.3) is 0 Å². The molecule has 1 aliphatic rings. The van der Waals surface area contributed by atoms with Crippen LogP contribution in [0.2, 0.25) is 0 Å². The number of anilines is 1. The Hall–Kier alpha value is -1.76. The SMILES string of the molecule is NC(Cc1ccc(NS(=O)(=O)C2CCCCC2)cc1)=NO. The highest BCUT2D eigenvalue weighted by Gasteiger charge is 2.26. The summed E-state index contributed by atoms with van der Waals surface area (Å²) in [6.07, 6.45) is 4.86. The number of hydrogen-bond donors (Lipinski definition) is 3. The Bertz CT molecular complexity index is 590. The van der Waals surface area contributed by atoms with E-state index in [0.717, 1.165) is 37.7 Å². The molecule has 0 aliphatic heterocycles. The molecule has 0 saturated heterocycles. The first-order valence-electron chi connectivity index (χ1n) is 7.08. The Kier molecular flexibility index (Phi) is 5.06. The number of nitrogens with two attached hydrogens (primary N) is 1. The van der Waals surface area contributed by atoms with E-state index in [1.165, 1.54) is 0 Å². The molecule has 7 heteroatoms. The van der Waals surface area contributed by atoms with Crippen molar-refractivity contribution in [3.05, 3.63) is 29.8 Å². The van der Waals surface area contributed by atoms with Gasteiger partial charge in [-0.05, 0) is 30.5 Å². The first kappa shape index (κ1) is 15.6. The summed E-state index contributed by atoms with van der Waals surface area (Å²) in [5.74, 6) is 0.116. The number of nitrogens with one attached hydrogen (secondary N) is 1. The molecule has 0 atom stereocenters. The number of rotatable bonds is 5. The molecule has 116 valence electrons. The Balaban J connectivity index is 2.02. The van der Waals surface area contributed by atoms with Crippen LogP contribution < -0.4 is 10.5 Å².